The zero-order valence-corrected chi connectivity index (χ0v) is 18.9. The number of unbranched alkanes of at least 4 members (excludes halogenated alkanes) is 4. The van der Waals surface area contributed by atoms with Crippen LogP contribution in [0.2, 0.25) is 0 Å². The number of hydrogen-bond donors (Lipinski definition) is 1. The van der Waals surface area contributed by atoms with E-state index in [4.69, 9.17) is 0 Å². The summed E-state index contributed by atoms with van der Waals surface area (Å²) in [4.78, 5) is 0. The Balaban J connectivity index is 0.00000529. The van der Waals surface area contributed by atoms with Crippen molar-refractivity contribution in [2.24, 2.45) is 11.8 Å². The Kier molecular flexibility index (Phi) is 14.2. The minimum atomic E-state index is 0. The van der Waals surface area contributed by atoms with Crippen LogP contribution < -0.4 is 0 Å². The number of phenolic OH excluding ortho intramolecular Hbond substituents is 1. The molecule has 1 N–H and O–H groups in total. The Morgan fingerprint density at radius 3 is 1.83 bits per heavy atom. The van der Waals surface area contributed by atoms with Crippen molar-refractivity contribution >= 4 is 29.6 Å². The van der Waals surface area contributed by atoms with Gasteiger partial charge in [-0.25, -0.2) is 0 Å². The van der Waals surface area contributed by atoms with Crippen LogP contribution >= 0.6 is 0 Å². The molecule has 1 nitrogen and oxygen atoms in total. The number of aryl methyl sites for hydroxylation is 1. The number of aromatic hydroxyl groups is 1. The second kappa shape index (κ2) is 14.2. The summed E-state index contributed by atoms with van der Waals surface area (Å²) in [5.41, 5.74) is 2.58. The van der Waals surface area contributed by atoms with E-state index >= 15 is 0 Å². The third-order valence-corrected chi connectivity index (χ3v) is 4.68. The van der Waals surface area contributed by atoms with Crippen molar-refractivity contribution in [1.82, 2.24) is 0 Å². The van der Waals surface area contributed by atoms with Gasteiger partial charge in [0.05, 0.1) is 0 Å². The number of rotatable bonds is 12. The van der Waals surface area contributed by atoms with Gasteiger partial charge in [0.15, 0.2) is 0 Å². The predicted molar refractivity (Wildman–Crippen MR) is 108 cm³/mol. The van der Waals surface area contributed by atoms with Crippen molar-refractivity contribution in [3.05, 3.63) is 29.3 Å². The zero-order valence-electron chi connectivity index (χ0n) is 16.9. The molecule has 0 heterocycles. The minimum Gasteiger partial charge on any atom is -0.508 e. The maximum Gasteiger partial charge on any atom is 0.119 e. The van der Waals surface area contributed by atoms with Crippen molar-refractivity contribution in [3.63, 3.8) is 0 Å². The summed E-state index contributed by atoms with van der Waals surface area (Å²) in [6, 6.07) is 6.07. The smallest absolute Gasteiger partial charge is 0.119 e. The molecule has 0 aliphatic rings. The minimum absolute atomic E-state index is 0. The van der Waals surface area contributed by atoms with Crippen LogP contribution in [-0.4, -0.2) is 34.7 Å². The van der Waals surface area contributed by atoms with Crippen LogP contribution in [0.15, 0.2) is 18.2 Å². The molecular weight excluding hydrogens is 303 g/mol. The van der Waals surface area contributed by atoms with Gasteiger partial charge in [0, 0.05) is 29.6 Å². The second-order valence-corrected chi connectivity index (χ2v) is 7.90. The van der Waals surface area contributed by atoms with Gasteiger partial charge in [0.2, 0.25) is 0 Å². The number of phenols is 1. The first kappa shape index (κ1) is 24.0. The Morgan fingerprint density at radius 1 is 0.750 bits per heavy atom. The molecule has 0 bridgehead atoms. The van der Waals surface area contributed by atoms with Crippen LogP contribution in [0.5, 0.6) is 5.75 Å². The second-order valence-electron chi connectivity index (χ2n) is 7.90. The predicted octanol–water partition coefficient (Wildman–Crippen LogP) is 6.53. The average Bonchev–Trinajstić information content (AvgIpc) is 2.48. The SMILES string of the molecule is CC(C)CCCCCc1cccc(O)c1CCCCCC(C)C.[Na]. The van der Waals surface area contributed by atoms with Gasteiger partial charge in [-0.1, -0.05) is 78.4 Å². The Labute approximate surface area is 172 Å². The molecule has 0 unspecified atom stereocenters. The van der Waals surface area contributed by atoms with Crippen molar-refractivity contribution in [1.29, 1.82) is 0 Å². The maximum atomic E-state index is 10.2. The van der Waals surface area contributed by atoms with Crippen LogP contribution in [0.25, 0.3) is 0 Å². The Hall–Kier alpha value is 0.0200. The van der Waals surface area contributed by atoms with Crippen LogP contribution in [0.4, 0.5) is 0 Å². The van der Waals surface area contributed by atoms with Crippen molar-refractivity contribution < 1.29 is 5.11 Å². The van der Waals surface area contributed by atoms with Crippen LogP contribution in [-0.2, 0) is 12.8 Å². The van der Waals surface area contributed by atoms with E-state index in [1.165, 1.54) is 62.5 Å². The molecule has 24 heavy (non-hydrogen) atoms. The molecule has 0 aliphatic heterocycles. The van der Waals surface area contributed by atoms with E-state index < -0.39 is 0 Å². The topological polar surface area (TPSA) is 20.2 Å². The summed E-state index contributed by atoms with van der Waals surface area (Å²) < 4.78 is 0. The molecule has 0 amide bonds. The van der Waals surface area contributed by atoms with Crippen molar-refractivity contribution in [3.8, 4) is 5.75 Å². The van der Waals surface area contributed by atoms with Gasteiger partial charge in [-0.3, -0.25) is 0 Å². The van der Waals surface area contributed by atoms with E-state index in [2.05, 4.69) is 33.8 Å². The molecule has 0 aromatic heterocycles. The van der Waals surface area contributed by atoms with E-state index in [9.17, 15) is 5.11 Å². The van der Waals surface area contributed by atoms with Gasteiger partial charge >= 0.3 is 0 Å². The summed E-state index contributed by atoms with van der Waals surface area (Å²) in [6.07, 6.45) is 12.5. The molecule has 0 spiro atoms. The normalized spacial score (nSPS) is 11.1. The fraction of sp³-hybridized carbons (Fsp3) is 0.727. The van der Waals surface area contributed by atoms with Crippen LogP contribution in [0.3, 0.4) is 0 Å². The summed E-state index contributed by atoms with van der Waals surface area (Å²) in [7, 11) is 0. The summed E-state index contributed by atoms with van der Waals surface area (Å²) in [5.74, 6) is 2.13. The summed E-state index contributed by atoms with van der Waals surface area (Å²) in [5, 5.41) is 10.2. The molecule has 1 radical (unpaired) electrons. The molecular formula is C22H38NaO. The summed E-state index contributed by atoms with van der Waals surface area (Å²) >= 11 is 0. The average molecular weight is 342 g/mol. The first-order valence-corrected chi connectivity index (χ1v) is 9.80. The molecule has 0 fully saturated rings. The van der Waals surface area contributed by atoms with Gasteiger partial charge in [0.1, 0.15) is 5.75 Å². The van der Waals surface area contributed by atoms with E-state index in [-0.39, 0.29) is 29.6 Å². The molecule has 1 aromatic carbocycles. The Bertz CT molecular complexity index is 426. The number of benzene rings is 1. The van der Waals surface area contributed by atoms with Crippen molar-refractivity contribution in [2.45, 2.75) is 91.9 Å². The standard InChI is InChI=1S/C22H38O.Na/c1-18(2)12-7-5-9-14-20-15-11-17-22(23)21(20)16-10-6-8-13-19(3)4;/h11,15,17-19,23H,5-10,12-14,16H2,1-4H3;. The van der Waals surface area contributed by atoms with Crippen molar-refractivity contribution in [2.75, 3.05) is 0 Å². The van der Waals surface area contributed by atoms with Crippen LogP contribution in [0, 0.1) is 11.8 Å². The monoisotopic (exact) mass is 341 g/mol. The van der Waals surface area contributed by atoms with Gasteiger partial charge < -0.3 is 5.11 Å². The molecule has 0 atom stereocenters. The molecule has 1 aromatic rings. The quantitative estimate of drug-likeness (QED) is 0.338. The molecule has 2 heteroatoms. The van der Waals surface area contributed by atoms with Gasteiger partial charge in [-0.2, -0.15) is 0 Å². The molecule has 133 valence electrons. The summed E-state index contributed by atoms with van der Waals surface area (Å²) in [6.45, 7) is 9.18. The van der Waals surface area contributed by atoms with Crippen LogP contribution in [0.1, 0.15) is 90.2 Å². The van der Waals surface area contributed by atoms with E-state index in [1.54, 1.807) is 0 Å². The Morgan fingerprint density at radius 2 is 1.29 bits per heavy atom. The van der Waals surface area contributed by atoms with E-state index in [0.717, 1.165) is 24.7 Å². The fourth-order valence-corrected chi connectivity index (χ4v) is 3.22. The molecule has 1 rings (SSSR count). The largest absolute Gasteiger partial charge is 0.508 e. The molecule has 0 saturated heterocycles. The van der Waals surface area contributed by atoms with Gasteiger partial charge in [0.25, 0.3) is 0 Å². The maximum absolute atomic E-state index is 10.2. The van der Waals surface area contributed by atoms with Gasteiger partial charge in [-0.15, -0.1) is 0 Å². The molecule has 0 saturated carbocycles. The van der Waals surface area contributed by atoms with Gasteiger partial charge in [-0.05, 0) is 54.7 Å². The fourth-order valence-electron chi connectivity index (χ4n) is 3.22. The third kappa shape index (κ3) is 10.8. The first-order chi connectivity index (χ1) is 11.0. The zero-order chi connectivity index (χ0) is 17.1. The van der Waals surface area contributed by atoms with E-state index in [1.807, 2.05) is 12.1 Å². The molecule has 0 aliphatic carbocycles. The third-order valence-electron chi connectivity index (χ3n) is 4.68. The van der Waals surface area contributed by atoms with E-state index in [0.29, 0.717) is 5.75 Å². The number of hydrogen-bond acceptors (Lipinski definition) is 1. The first-order valence-electron chi connectivity index (χ1n) is 9.80.